The molecule has 1 rings (SSSR count). The highest BCUT2D eigenvalue weighted by atomic mass is 35.5. The lowest BCUT2D eigenvalue weighted by Gasteiger charge is -2.05. The standard InChI is InChI=1S/C8H5ClFNO3/c9-5-1-4(3-12)7(6(10)2-5)11-8(13)14/h1-3,11H,(H,13,14). The fourth-order valence-corrected chi connectivity index (χ4v) is 1.14. The first-order valence-corrected chi connectivity index (χ1v) is 3.86. The highest BCUT2D eigenvalue weighted by molar-refractivity contribution is 6.31. The number of hydrogen-bond acceptors (Lipinski definition) is 2. The van der Waals surface area contributed by atoms with E-state index in [1.165, 1.54) is 6.07 Å². The molecule has 0 atom stereocenters. The van der Waals surface area contributed by atoms with Crippen LogP contribution in [-0.2, 0) is 0 Å². The van der Waals surface area contributed by atoms with Gasteiger partial charge in [0.1, 0.15) is 5.82 Å². The Hall–Kier alpha value is -1.62. The average Bonchev–Trinajstić information content (AvgIpc) is 2.08. The van der Waals surface area contributed by atoms with Gasteiger partial charge in [-0.25, -0.2) is 9.18 Å². The van der Waals surface area contributed by atoms with Crippen molar-refractivity contribution in [3.8, 4) is 0 Å². The summed E-state index contributed by atoms with van der Waals surface area (Å²) in [5, 5.41) is 10.2. The molecule has 0 fully saturated rings. The van der Waals surface area contributed by atoms with Crippen LogP contribution in [0.15, 0.2) is 12.1 Å². The van der Waals surface area contributed by atoms with E-state index in [-0.39, 0.29) is 10.6 Å². The van der Waals surface area contributed by atoms with E-state index in [9.17, 15) is 14.0 Å². The van der Waals surface area contributed by atoms with Gasteiger partial charge in [-0.2, -0.15) is 0 Å². The van der Waals surface area contributed by atoms with Crippen LogP contribution in [0, 0.1) is 5.82 Å². The van der Waals surface area contributed by atoms with Gasteiger partial charge in [0.05, 0.1) is 5.69 Å². The zero-order chi connectivity index (χ0) is 10.7. The minimum absolute atomic E-state index is 0.0283. The maximum Gasteiger partial charge on any atom is 0.409 e. The van der Waals surface area contributed by atoms with Crippen LogP contribution in [0.3, 0.4) is 0 Å². The number of amides is 1. The molecule has 14 heavy (non-hydrogen) atoms. The lowest BCUT2D eigenvalue weighted by atomic mass is 10.2. The topological polar surface area (TPSA) is 66.4 Å². The van der Waals surface area contributed by atoms with E-state index in [0.717, 1.165) is 6.07 Å². The van der Waals surface area contributed by atoms with Crippen molar-refractivity contribution in [2.45, 2.75) is 0 Å². The Labute approximate surface area is 83.3 Å². The van der Waals surface area contributed by atoms with Crippen molar-refractivity contribution in [3.05, 3.63) is 28.5 Å². The van der Waals surface area contributed by atoms with Gasteiger partial charge in [-0.05, 0) is 12.1 Å². The van der Waals surface area contributed by atoms with Gasteiger partial charge >= 0.3 is 6.09 Å². The Morgan fingerprint density at radius 1 is 1.57 bits per heavy atom. The number of carbonyl (C=O) groups is 2. The van der Waals surface area contributed by atoms with Gasteiger partial charge in [0.25, 0.3) is 0 Å². The van der Waals surface area contributed by atoms with Crippen molar-refractivity contribution in [1.29, 1.82) is 0 Å². The maximum atomic E-state index is 13.1. The summed E-state index contributed by atoms with van der Waals surface area (Å²) < 4.78 is 13.1. The molecule has 0 aliphatic heterocycles. The molecule has 1 aromatic rings. The van der Waals surface area contributed by atoms with Crippen molar-refractivity contribution in [2.75, 3.05) is 5.32 Å². The van der Waals surface area contributed by atoms with Crippen LogP contribution < -0.4 is 5.32 Å². The molecule has 0 bridgehead atoms. The first kappa shape index (κ1) is 10.5. The zero-order valence-electron chi connectivity index (χ0n) is 6.75. The van der Waals surface area contributed by atoms with Crippen molar-refractivity contribution < 1.29 is 19.1 Å². The lowest BCUT2D eigenvalue weighted by molar-refractivity contribution is 0.112. The number of halogens is 2. The first-order valence-electron chi connectivity index (χ1n) is 3.48. The van der Waals surface area contributed by atoms with E-state index in [2.05, 4.69) is 0 Å². The van der Waals surface area contributed by atoms with Crippen molar-refractivity contribution in [1.82, 2.24) is 0 Å². The number of anilines is 1. The predicted molar refractivity (Wildman–Crippen MR) is 48.4 cm³/mol. The van der Waals surface area contributed by atoms with Crippen molar-refractivity contribution in [2.24, 2.45) is 0 Å². The second-order valence-electron chi connectivity index (χ2n) is 2.40. The van der Waals surface area contributed by atoms with Gasteiger partial charge in [-0.3, -0.25) is 10.1 Å². The normalized spacial score (nSPS) is 9.57. The molecule has 0 aliphatic rings. The average molecular weight is 218 g/mol. The molecule has 4 nitrogen and oxygen atoms in total. The van der Waals surface area contributed by atoms with Crippen LogP contribution in [-0.4, -0.2) is 17.5 Å². The molecule has 0 aliphatic carbocycles. The number of hydrogen-bond donors (Lipinski definition) is 2. The Balaban J connectivity index is 3.24. The maximum absolute atomic E-state index is 13.1. The van der Waals surface area contributed by atoms with Gasteiger partial charge in [-0.15, -0.1) is 0 Å². The third-order valence-electron chi connectivity index (χ3n) is 1.44. The number of carbonyl (C=O) groups excluding carboxylic acids is 1. The Morgan fingerprint density at radius 2 is 2.21 bits per heavy atom. The molecule has 0 radical (unpaired) electrons. The Morgan fingerprint density at radius 3 is 2.71 bits per heavy atom. The molecule has 0 unspecified atom stereocenters. The quantitative estimate of drug-likeness (QED) is 0.748. The third-order valence-corrected chi connectivity index (χ3v) is 1.66. The zero-order valence-corrected chi connectivity index (χ0v) is 7.51. The predicted octanol–water partition coefficient (Wildman–Crippen LogP) is 2.38. The first-order chi connectivity index (χ1) is 6.54. The van der Waals surface area contributed by atoms with Gasteiger partial charge < -0.3 is 5.11 Å². The SMILES string of the molecule is O=Cc1cc(Cl)cc(F)c1NC(=O)O. The number of nitrogens with one attached hydrogen (secondary N) is 1. The van der Waals surface area contributed by atoms with Crippen LogP contribution >= 0.6 is 11.6 Å². The molecule has 0 saturated heterocycles. The van der Waals surface area contributed by atoms with Gasteiger partial charge in [0.2, 0.25) is 0 Å². The molecule has 1 aromatic carbocycles. The van der Waals surface area contributed by atoms with Gasteiger partial charge in [-0.1, -0.05) is 11.6 Å². The van der Waals surface area contributed by atoms with Crippen molar-refractivity contribution >= 4 is 29.7 Å². The van der Waals surface area contributed by atoms with Crippen LogP contribution in [0.5, 0.6) is 0 Å². The molecule has 1 amide bonds. The van der Waals surface area contributed by atoms with E-state index in [0.29, 0.717) is 6.29 Å². The van der Waals surface area contributed by atoms with E-state index < -0.39 is 17.6 Å². The highest BCUT2D eigenvalue weighted by Gasteiger charge is 2.11. The number of aldehydes is 1. The molecule has 0 spiro atoms. The third kappa shape index (κ3) is 2.20. The fourth-order valence-electron chi connectivity index (χ4n) is 0.925. The van der Waals surface area contributed by atoms with E-state index in [4.69, 9.17) is 16.7 Å². The van der Waals surface area contributed by atoms with Gasteiger partial charge in [0, 0.05) is 10.6 Å². The summed E-state index contributed by atoms with van der Waals surface area (Å²) in [6.45, 7) is 0. The largest absolute Gasteiger partial charge is 0.465 e. The summed E-state index contributed by atoms with van der Waals surface area (Å²) in [4.78, 5) is 20.7. The summed E-state index contributed by atoms with van der Waals surface area (Å²) in [7, 11) is 0. The summed E-state index contributed by atoms with van der Waals surface area (Å²) in [5.41, 5.74) is -0.533. The lowest BCUT2D eigenvalue weighted by Crippen LogP contribution is -2.11. The molecule has 2 N–H and O–H groups in total. The number of carboxylic acid groups (broad SMARTS) is 1. The molecule has 0 saturated carbocycles. The number of benzene rings is 1. The minimum Gasteiger partial charge on any atom is -0.465 e. The smallest absolute Gasteiger partial charge is 0.409 e. The second-order valence-corrected chi connectivity index (χ2v) is 2.84. The van der Waals surface area contributed by atoms with E-state index in [1.807, 2.05) is 0 Å². The van der Waals surface area contributed by atoms with Gasteiger partial charge in [0.15, 0.2) is 6.29 Å². The Kier molecular flexibility index (Phi) is 3.03. The molecule has 0 aromatic heterocycles. The summed E-state index contributed by atoms with van der Waals surface area (Å²) >= 11 is 5.46. The van der Waals surface area contributed by atoms with Crippen LogP contribution in [0.1, 0.15) is 10.4 Å². The molecule has 74 valence electrons. The summed E-state index contributed by atoms with van der Waals surface area (Å²) in [5.74, 6) is -0.887. The number of rotatable bonds is 2. The monoisotopic (exact) mass is 217 g/mol. The van der Waals surface area contributed by atoms with E-state index >= 15 is 0 Å². The van der Waals surface area contributed by atoms with Crippen molar-refractivity contribution in [3.63, 3.8) is 0 Å². The molecular weight excluding hydrogens is 213 g/mol. The molecular formula is C8H5ClFNO3. The van der Waals surface area contributed by atoms with E-state index in [1.54, 1.807) is 5.32 Å². The summed E-state index contributed by atoms with van der Waals surface area (Å²) in [6.07, 6.45) is -1.13. The van der Waals surface area contributed by atoms with Crippen LogP contribution in [0.2, 0.25) is 5.02 Å². The second kappa shape index (κ2) is 4.06. The fraction of sp³-hybridized carbons (Fsp3) is 0. The van der Waals surface area contributed by atoms with Crippen LogP contribution in [0.4, 0.5) is 14.9 Å². The molecule has 0 heterocycles. The Bertz CT molecular complexity index is 394. The minimum atomic E-state index is -1.45. The summed E-state index contributed by atoms with van der Waals surface area (Å²) in [6, 6.07) is 2.09. The highest BCUT2D eigenvalue weighted by Crippen LogP contribution is 2.23. The van der Waals surface area contributed by atoms with Crippen LogP contribution in [0.25, 0.3) is 0 Å². The molecule has 6 heteroatoms.